The fourth-order valence-electron chi connectivity index (χ4n) is 14.1. The third kappa shape index (κ3) is 13.9. The lowest BCUT2D eigenvalue weighted by atomic mass is 9.77. The van der Waals surface area contributed by atoms with Crippen LogP contribution in [0.1, 0.15) is 149 Å². The molecule has 0 spiro atoms. The van der Waals surface area contributed by atoms with Crippen LogP contribution in [-0.2, 0) is 52.1 Å². The lowest BCUT2D eigenvalue weighted by Crippen LogP contribution is -2.42. The number of fused-ring (bicyclic) bond motifs is 6. The molecule has 4 amide bonds. The number of hydrogen-bond donors (Lipinski definition) is 2. The Hall–Kier alpha value is -12.2. The van der Waals surface area contributed by atoms with Crippen molar-refractivity contribution in [1.29, 1.82) is 0 Å². The van der Waals surface area contributed by atoms with E-state index in [1.165, 1.54) is 46.2 Å². The predicted molar refractivity (Wildman–Crippen MR) is 386 cm³/mol. The van der Waals surface area contributed by atoms with Gasteiger partial charge >= 0.3 is 5.97 Å². The van der Waals surface area contributed by atoms with Crippen molar-refractivity contribution >= 4 is 68.1 Å². The number of nitrogens with zero attached hydrogens (tertiary/aromatic N) is 7. The van der Waals surface area contributed by atoms with Crippen molar-refractivity contribution in [3.63, 3.8) is 0 Å². The zero-order valence-corrected chi connectivity index (χ0v) is 58.2. The van der Waals surface area contributed by atoms with Crippen molar-refractivity contribution < 1.29 is 71.1 Å². The molecule has 0 bridgehead atoms. The zero-order valence-electron chi connectivity index (χ0n) is 58.2. The molecule has 16 rings (SSSR count). The highest BCUT2D eigenvalue weighted by molar-refractivity contribution is 6.18. The molecular weight excluding hydrogens is 1340 g/mol. The van der Waals surface area contributed by atoms with Crippen LogP contribution in [0.4, 0.5) is 13.2 Å². The molecule has 1 saturated heterocycles. The van der Waals surface area contributed by atoms with Gasteiger partial charge in [0, 0.05) is 111 Å². The van der Waals surface area contributed by atoms with E-state index in [2.05, 4.69) is 9.97 Å². The van der Waals surface area contributed by atoms with Gasteiger partial charge in [0.05, 0.1) is 42.0 Å². The number of aromatic nitrogens is 3. The van der Waals surface area contributed by atoms with E-state index in [9.17, 15) is 52.2 Å². The number of pyridine rings is 3. The first-order valence-electron chi connectivity index (χ1n) is 34.4. The largest absolute Gasteiger partial charge is 0.505 e. The van der Waals surface area contributed by atoms with E-state index in [0.717, 1.165) is 75.9 Å². The molecule has 105 heavy (non-hydrogen) atoms. The molecular formula is C83H72F3N7O12. The highest BCUT2D eigenvalue weighted by atomic mass is 19.1. The zero-order chi connectivity index (χ0) is 73.5. The number of carbonyl (C=O) groups is 6. The molecule has 22 heteroatoms. The van der Waals surface area contributed by atoms with Crippen molar-refractivity contribution in [2.45, 2.75) is 77.8 Å². The first-order valence-corrected chi connectivity index (χ1v) is 34.4. The number of aromatic hydroxyl groups is 1. The highest BCUT2D eigenvalue weighted by Crippen LogP contribution is 2.46. The molecule has 0 atom stereocenters. The maximum atomic E-state index is 13.7. The number of amides is 4. The highest BCUT2D eigenvalue weighted by Gasteiger charge is 2.41. The Morgan fingerprint density at radius 1 is 0.467 bits per heavy atom. The van der Waals surface area contributed by atoms with Gasteiger partial charge < -0.3 is 48.8 Å². The second-order valence-electron chi connectivity index (χ2n) is 27.0. The van der Waals surface area contributed by atoms with E-state index in [0.29, 0.717) is 118 Å². The molecule has 3 aromatic heterocycles. The number of aromatic carboxylic acids is 1. The number of rotatable bonds is 18. The van der Waals surface area contributed by atoms with Crippen LogP contribution < -0.4 is 18.9 Å². The number of likely N-dealkylation sites (tertiary alicyclic amines) is 1. The number of benzene rings is 8. The number of carboxylic acid groups (broad SMARTS) is 1. The van der Waals surface area contributed by atoms with Gasteiger partial charge in [0.25, 0.3) is 23.6 Å². The van der Waals surface area contributed by atoms with E-state index in [1.807, 2.05) is 65.6 Å². The third-order valence-electron chi connectivity index (χ3n) is 20.0. The van der Waals surface area contributed by atoms with Crippen LogP contribution in [0.25, 0.3) is 32.7 Å². The second-order valence-corrected chi connectivity index (χ2v) is 27.0. The molecule has 0 unspecified atom stereocenters. The summed E-state index contributed by atoms with van der Waals surface area (Å²) >= 11 is 0. The Bertz CT molecular complexity index is 5300. The van der Waals surface area contributed by atoms with Crippen LogP contribution in [0, 0.1) is 23.4 Å². The standard InChI is InChI=1S/C31H28FN3O4.C28H23FN2O5.C24H21FN2O3/c1-34-17-25-26(31(37)35-12-3-13-35)24-15-21(14-19-4-8-22(32)9-5-19)16-33-28(24)29(27(25)30(34)36)39-18-20-6-10-23(38-2)11-7-20;1-31-14-22-23(28(33)34)21-12-18(11-16-3-7-19(29)8-4-16)13-30-25(21)26(24(22)27(31)32)36-15-17-5-9-20(35-2)10-6-17;1-27-12-18-19(22(28)15-3-2-4-15)17-10-14(9-13-5-7-16(25)8-6-13)11-26-21(17)23(29)20(18)24(27)30/h4-11,15-16H,3,12-14,17-18H2,1-2H3;3-10,12-13H,11,14-15H2,1-2H3,(H,33,34);5-8,10-11,15,29H,2-4,9,12H2,1H3. The molecule has 0 radical (unpaired) electrons. The predicted octanol–water partition coefficient (Wildman–Crippen LogP) is 14.1. The maximum absolute atomic E-state index is 13.7. The lowest BCUT2D eigenvalue weighted by Gasteiger charge is -2.32. The molecule has 532 valence electrons. The average Bonchev–Trinajstić information content (AvgIpc) is 1.71. The van der Waals surface area contributed by atoms with Crippen LogP contribution in [-0.4, -0.2) is 129 Å². The fourth-order valence-corrected chi connectivity index (χ4v) is 14.1. The summed E-state index contributed by atoms with van der Waals surface area (Å²) in [6.45, 7) is 2.55. The maximum Gasteiger partial charge on any atom is 0.336 e. The Kier molecular flexibility index (Phi) is 19.5. The minimum absolute atomic E-state index is 0.0336. The number of halogens is 3. The lowest BCUT2D eigenvalue weighted by molar-refractivity contribution is 0.0649. The SMILES string of the molecule is CN1Cc2c(c(O)c3ncc(Cc4ccc(F)cc4)cc3c2C(=O)C2CCC2)C1=O.COc1ccc(COc2c3c(c(C(=O)N4CCC4)c4cc(Cc5ccc(F)cc5)cnc24)CN(C)C3=O)cc1.COc1ccc(COc2c3c(c(C(=O)O)c4cc(Cc5ccc(F)cc5)cnc24)CN(C)C3=O)cc1. The minimum atomic E-state index is -1.14. The quantitative estimate of drug-likeness (QED) is 0.0761. The molecule has 8 aromatic carbocycles. The van der Waals surface area contributed by atoms with Gasteiger partial charge in [-0.2, -0.15) is 0 Å². The van der Waals surface area contributed by atoms with Crippen LogP contribution in [0.3, 0.4) is 0 Å². The van der Waals surface area contributed by atoms with Crippen LogP contribution in [0.5, 0.6) is 28.7 Å². The number of methoxy groups -OCH3 is 2. The average molecular weight is 1420 g/mol. The summed E-state index contributed by atoms with van der Waals surface area (Å²) < 4.78 is 62.9. The topological polar surface area (TPSA) is 231 Å². The second kappa shape index (κ2) is 29.3. The van der Waals surface area contributed by atoms with Crippen LogP contribution in [0.15, 0.2) is 158 Å². The first-order chi connectivity index (χ1) is 50.7. The summed E-state index contributed by atoms with van der Waals surface area (Å²) in [4.78, 5) is 98.7. The molecule has 5 aliphatic rings. The van der Waals surface area contributed by atoms with E-state index in [4.69, 9.17) is 23.9 Å². The fraction of sp³-hybridized carbons (Fsp3) is 0.241. The molecule has 19 nitrogen and oxygen atoms in total. The number of hydrogen-bond acceptors (Lipinski definition) is 14. The van der Waals surface area contributed by atoms with E-state index in [-0.39, 0.29) is 106 Å². The van der Waals surface area contributed by atoms with Gasteiger partial charge in [-0.3, -0.25) is 38.9 Å². The van der Waals surface area contributed by atoms with Gasteiger partial charge in [-0.1, -0.05) is 67.1 Å². The van der Waals surface area contributed by atoms with Gasteiger partial charge in [-0.05, 0) is 167 Å². The van der Waals surface area contributed by atoms with E-state index >= 15 is 0 Å². The molecule has 11 aromatic rings. The summed E-state index contributed by atoms with van der Waals surface area (Å²) in [7, 11) is 8.22. The Morgan fingerprint density at radius 2 is 0.829 bits per heavy atom. The number of Topliss-reactive ketones (excluding diaryl/α,β-unsaturated/α-hetero) is 1. The van der Waals surface area contributed by atoms with Gasteiger partial charge in [-0.25, -0.2) is 18.0 Å². The van der Waals surface area contributed by atoms with E-state index in [1.54, 1.807) is 101 Å². The minimum Gasteiger partial charge on any atom is -0.505 e. The Balaban J connectivity index is 0.000000134. The Labute approximate surface area is 602 Å². The smallest absolute Gasteiger partial charge is 0.336 e. The number of ketones is 1. The van der Waals surface area contributed by atoms with Gasteiger partial charge in [0.15, 0.2) is 23.0 Å². The van der Waals surface area contributed by atoms with Gasteiger partial charge in [-0.15, -0.1) is 0 Å². The number of carbonyl (C=O) groups excluding carboxylic acids is 5. The first kappa shape index (κ1) is 69.9. The van der Waals surface area contributed by atoms with Crippen LogP contribution in [0.2, 0.25) is 0 Å². The summed E-state index contributed by atoms with van der Waals surface area (Å²) in [5.74, 6) is -0.980. The van der Waals surface area contributed by atoms with Gasteiger partial charge in [0.2, 0.25) is 0 Å². The third-order valence-corrected chi connectivity index (χ3v) is 20.0. The summed E-state index contributed by atoms with van der Waals surface area (Å²) in [6.07, 6.45) is 10.2. The van der Waals surface area contributed by atoms with Gasteiger partial charge in [0.1, 0.15) is 58.7 Å². The summed E-state index contributed by atoms with van der Waals surface area (Å²) in [5.41, 5.74) is 11.7. The summed E-state index contributed by atoms with van der Waals surface area (Å²) in [5, 5.41) is 22.6. The monoisotopic (exact) mass is 1420 g/mol. The molecule has 2 fully saturated rings. The van der Waals surface area contributed by atoms with Crippen molar-refractivity contribution in [1.82, 2.24) is 34.6 Å². The number of ether oxygens (including phenoxy) is 4. The molecule has 4 aliphatic heterocycles. The van der Waals surface area contributed by atoms with Crippen molar-refractivity contribution in [3.05, 3.63) is 270 Å². The molecule has 7 heterocycles. The number of phenolic OH excluding ortho intramolecular Hbond substituents is 1. The van der Waals surface area contributed by atoms with Crippen molar-refractivity contribution in [2.75, 3.05) is 48.5 Å². The molecule has 1 aliphatic carbocycles. The van der Waals surface area contributed by atoms with Crippen molar-refractivity contribution in [2.24, 2.45) is 5.92 Å². The number of carboxylic acids is 1. The van der Waals surface area contributed by atoms with Crippen molar-refractivity contribution in [3.8, 4) is 28.7 Å². The Morgan fingerprint density at radius 3 is 1.20 bits per heavy atom. The molecule has 1 saturated carbocycles. The number of phenols is 1. The summed E-state index contributed by atoms with van der Waals surface area (Å²) in [6, 6.07) is 39.2. The molecule has 2 N–H and O–H groups in total. The van der Waals surface area contributed by atoms with E-state index < -0.39 is 5.97 Å². The van der Waals surface area contributed by atoms with Crippen LogP contribution >= 0.6 is 0 Å². The normalized spacial score (nSPS) is 14.3.